The highest BCUT2D eigenvalue weighted by atomic mass is 16.5. The number of furan rings is 1. The number of hydrogen-bond acceptors (Lipinski definition) is 4. The summed E-state index contributed by atoms with van der Waals surface area (Å²) in [4.78, 5) is 12.5. The van der Waals surface area contributed by atoms with Crippen LogP contribution in [0.3, 0.4) is 0 Å². The van der Waals surface area contributed by atoms with Crippen molar-refractivity contribution in [3.05, 3.63) is 23.2 Å². The van der Waals surface area contributed by atoms with Crippen LogP contribution < -0.4 is 10.6 Å². The molecule has 0 spiro atoms. The van der Waals surface area contributed by atoms with Crippen LogP contribution in [0.15, 0.2) is 10.5 Å². The standard InChI is InChI=1S/C16H26N2O3/c1-5-6-17-15-9-20-8-14(15)16(19)18-11(3)13-7-10(2)21-12(13)4/h7,11,14-15,17H,5-6,8-9H2,1-4H3,(H,18,19). The monoisotopic (exact) mass is 294 g/mol. The zero-order valence-corrected chi connectivity index (χ0v) is 13.4. The van der Waals surface area contributed by atoms with Crippen LogP contribution in [0, 0.1) is 19.8 Å². The molecule has 1 aliphatic rings. The molecule has 0 bridgehead atoms. The SMILES string of the molecule is CCCNC1COCC1C(=O)NC(C)c1cc(C)oc1C. The van der Waals surface area contributed by atoms with E-state index in [1.807, 2.05) is 26.8 Å². The molecule has 3 unspecified atom stereocenters. The van der Waals surface area contributed by atoms with E-state index in [1.54, 1.807) is 0 Å². The molecule has 0 aliphatic carbocycles. The average molecular weight is 294 g/mol. The lowest BCUT2D eigenvalue weighted by molar-refractivity contribution is -0.126. The summed E-state index contributed by atoms with van der Waals surface area (Å²) in [5.41, 5.74) is 1.04. The number of carbonyl (C=O) groups is 1. The molecule has 5 heteroatoms. The average Bonchev–Trinajstić information content (AvgIpc) is 3.02. The molecule has 0 saturated carbocycles. The number of amides is 1. The third kappa shape index (κ3) is 3.86. The van der Waals surface area contributed by atoms with Crippen molar-refractivity contribution in [2.45, 2.75) is 46.2 Å². The molecule has 1 fully saturated rings. The molecule has 21 heavy (non-hydrogen) atoms. The van der Waals surface area contributed by atoms with Gasteiger partial charge < -0.3 is 19.8 Å². The zero-order valence-electron chi connectivity index (χ0n) is 13.4. The van der Waals surface area contributed by atoms with Gasteiger partial charge >= 0.3 is 0 Å². The van der Waals surface area contributed by atoms with E-state index in [0.717, 1.165) is 30.0 Å². The molecule has 1 aromatic heterocycles. The second-order valence-electron chi connectivity index (χ2n) is 5.80. The van der Waals surface area contributed by atoms with Crippen LogP contribution in [0.5, 0.6) is 0 Å². The molecular formula is C16H26N2O3. The van der Waals surface area contributed by atoms with Crippen LogP contribution in [0.4, 0.5) is 0 Å². The Hall–Kier alpha value is -1.33. The number of nitrogens with one attached hydrogen (secondary N) is 2. The minimum atomic E-state index is -0.118. The minimum Gasteiger partial charge on any atom is -0.466 e. The number of aryl methyl sites for hydroxylation is 2. The number of rotatable bonds is 6. The fourth-order valence-electron chi connectivity index (χ4n) is 2.82. The van der Waals surface area contributed by atoms with E-state index in [9.17, 15) is 4.79 Å². The predicted molar refractivity (Wildman–Crippen MR) is 81.1 cm³/mol. The van der Waals surface area contributed by atoms with Crippen LogP contribution in [0.25, 0.3) is 0 Å². The minimum absolute atomic E-state index is 0.0480. The maximum Gasteiger partial charge on any atom is 0.227 e. The Labute approximate surface area is 126 Å². The first kappa shape index (κ1) is 16.0. The summed E-state index contributed by atoms with van der Waals surface area (Å²) in [5.74, 6) is 1.66. The van der Waals surface area contributed by atoms with Crippen molar-refractivity contribution in [1.29, 1.82) is 0 Å². The number of carbonyl (C=O) groups excluding carboxylic acids is 1. The van der Waals surface area contributed by atoms with Crippen LogP contribution >= 0.6 is 0 Å². The van der Waals surface area contributed by atoms with E-state index in [-0.39, 0.29) is 23.9 Å². The highest BCUT2D eigenvalue weighted by molar-refractivity contribution is 5.80. The van der Waals surface area contributed by atoms with Gasteiger partial charge in [0.1, 0.15) is 11.5 Å². The van der Waals surface area contributed by atoms with Gasteiger partial charge in [0.05, 0.1) is 25.2 Å². The summed E-state index contributed by atoms with van der Waals surface area (Å²) in [6, 6.07) is 2.05. The lowest BCUT2D eigenvalue weighted by Crippen LogP contribution is -2.44. The molecule has 1 saturated heterocycles. The lowest BCUT2D eigenvalue weighted by Gasteiger charge is -2.21. The summed E-state index contributed by atoms with van der Waals surface area (Å²) in [5, 5.41) is 6.47. The largest absolute Gasteiger partial charge is 0.466 e. The molecule has 118 valence electrons. The second-order valence-corrected chi connectivity index (χ2v) is 5.80. The van der Waals surface area contributed by atoms with Crippen LogP contribution in [-0.2, 0) is 9.53 Å². The van der Waals surface area contributed by atoms with Gasteiger partial charge in [-0.25, -0.2) is 0 Å². The van der Waals surface area contributed by atoms with Crippen molar-refractivity contribution in [2.24, 2.45) is 5.92 Å². The van der Waals surface area contributed by atoms with Crippen molar-refractivity contribution >= 4 is 5.91 Å². The van der Waals surface area contributed by atoms with Crippen molar-refractivity contribution in [3.63, 3.8) is 0 Å². The van der Waals surface area contributed by atoms with Crippen molar-refractivity contribution in [1.82, 2.24) is 10.6 Å². The summed E-state index contributed by atoms with van der Waals surface area (Å²) in [6.07, 6.45) is 1.05. The van der Waals surface area contributed by atoms with E-state index in [0.29, 0.717) is 13.2 Å². The molecule has 1 aliphatic heterocycles. The van der Waals surface area contributed by atoms with Crippen molar-refractivity contribution < 1.29 is 13.9 Å². The molecule has 1 amide bonds. The van der Waals surface area contributed by atoms with Gasteiger partial charge in [-0.1, -0.05) is 6.92 Å². The quantitative estimate of drug-likeness (QED) is 0.843. The van der Waals surface area contributed by atoms with Crippen LogP contribution in [-0.4, -0.2) is 31.7 Å². The van der Waals surface area contributed by atoms with Gasteiger partial charge in [0.25, 0.3) is 0 Å². The summed E-state index contributed by atoms with van der Waals surface area (Å²) in [7, 11) is 0. The number of ether oxygens (including phenoxy) is 1. The maximum atomic E-state index is 12.5. The van der Waals surface area contributed by atoms with Gasteiger partial charge in [-0.15, -0.1) is 0 Å². The Morgan fingerprint density at radius 2 is 2.19 bits per heavy atom. The zero-order chi connectivity index (χ0) is 15.4. The third-order valence-electron chi connectivity index (χ3n) is 3.98. The number of hydrogen-bond donors (Lipinski definition) is 2. The first-order valence-corrected chi connectivity index (χ1v) is 7.71. The summed E-state index contributed by atoms with van der Waals surface area (Å²) < 4.78 is 11.0. The Morgan fingerprint density at radius 3 is 2.81 bits per heavy atom. The molecule has 2 N–H and O–H groups in total. The predicted octanol–water partition coefficient (Wildman–Crippen LogP) is 2.09. The summed E-state index contributed by atoms with van der Waals surface area (Å²) >= 11 is 0. The first-order valence-electron chi connectivity index (χ1n) is 7.71. The Kier molecular flexibility index (Phi) is 5.42. The van der Waals surface area contributed by atoms with E-state index in [1.165, 1.54) is 0 Å². The van der Waals surface area contributed by atoms with Gasteiger partial charge in [-0.05, 0) is 39.8 Å². The van der Waals surface area contributed by atoms with Gasteiger partial charge in [-0.3, -0.25) is 4.79 Å². The highest BCUT2D eigenvalue weighted by Gasteiger charge is 2.34. The molecule has 5 nitrogen and oxygen atoms in total. The Balaban J connectivity index is 1.95. The molecule has 2 heterocycles. The molecule has 0 radical (unpaired) electrons. The fraction of sp³-hybridized carbons (Fsp3) is 0.688. The maximum absolute atomic E-state index is 12.5. The van der Waals surface area contributed by atoms with Crippen molar-refractivity contribution in [3.8, 4) is 0 Å². The van der Waals surface area contributed by atoms with Crippen LogP contribution in [0.1, 0.15) is 43.4 Å². The molecule has 0 aromatic carbocycles. The van der Waals surface area contributed by atoms with Crippen molar-refractivity contribution in [2.75, 3.05) is 19.8 Å². The Bertz CT molecular complexity index is 484. The first-order chi connectivity index (χ1) is 10.0. The Morgan fingerprint density at radius 1 is 1.43 bits per heavy atom. The van der Waals surface area contributed by atoms with Crippen LogP contribution in [0.2, 0.25) is 0 Å². The van der Waals surface area contributed by atoms with Gasteiger partial charge in [0.15, 0.2) is 0 Å². The topological polar surface area (TPSA) is 63.5 Å². The smallest absolute Gasteiger partial charge is 0.227 e. The molecule has 2 rings (SSSR count). The lowest BCUT2D eigenvalue weighted by atomic mass is 10.0. The normalized spacial score (nSPS) is 23.2. The van der Waals surface area contributed by atoms with E-state index in [2.05, 4.69) is 17.6 Å². The molecule has 3 atom stereocenters. The third-order valence-corrected chi connectivity index (χ3v) is 3.98. The van der Waals surface area contributed by atoms with E-state index in [4.69, 9.17) is 9.15 Å². The van der Waals surface area contributed by atoms with E-state index < -0.39 is 0 Å². The highest BCUT2D eigenvalue weighted by Crippen LogP contribution is 2.22. The molecule has 1 aromatic rings. The van der Waals surface area contributed by atoms with E-state index >= 15 is 0 Å². The fourth-order valence-corrected chi connectivity index (χ4v) is 2.82. The molecular weight excluding hydrogens is 268 g/mol. The van der Waals surface area contributed by atoms with Gasteiger partial charge in [0, 0.05) is 11.6 Å². The second kappa shape index (κ2) is 7.09. The summed E-state index contributed by atoms with van der Waals surface area (Å²) in [6.45, 7) is 9.95. The van der Waals surface area contributed by atoms with Gasteiger partial charge in [-0.2, -0.15) is 0 Å². The van der Waals surface area contributed by atoms with Gasteiger partial charge in [0.2, 0.25) is 5.91 Å².